The Morgan fingerprint density at radius 2 is 1.57 bits per heavy atom. The zero-order chi connectivity index (χ0) is 26.0. The Labute approximate surface area is 211 Å². The Kier molecular flexibility index (Phi) is 7.92. The van der Waals surface area contributed by atoms with Gasteiger partial charge >= 0.3 is 13.2 Å². The van der Waals surface area contributed by atoms with Crippen molar-refractivity contribution in [2.75, 3.05) is 0 Å². The lowest BCUT2D eigenvalue weighted by atomic mass is 9.78. The van der Waals surface area contributed by atoms with Gasteiger partial charge in [-0.15, -0.1) is 0 Å². The standard InChI is InChI=1S/C28H40BNO5/c1-20(2)30(25(31)33-26(3,4)5)18-22-15-23(29-34-27(6,7)28(8,9)35-29)17-24(16-22)32-19-21-13-11-10-12-14-21/h10-17,20H,18-19H2,1-9H3. The van der Waals surface area contributed by atoms with E-state index in [4.69, 9.17) is 18.8 Å². The van der Waals surface area contributed by atoms with Gasteiger partial charge in [-0.25, -0.2) is 4.79 Å². The SMILES string of the molecule is CC(C)N(Cc1cc(OCc2ccccc2)cc(B2OC(C)(C)C(C)(C)O2)c1)C(=O)OC(C)(C)C. The highest BCUT2D eigenvalue weighted by Crippen LogP contribution is 2.37. The fourth-order valence-electron chi connectivity index (χ4n) is 3.69. The number of carbonyl (C=O) groups excluding carboxylic acids is 1. The van der Waals surface area contributed by atoms with E-state index in [-0.39, 0.29) is 12.1 Å². The van der Waals surface area contributed by atoms with Crippen molar-refractivity contribution in [1.29, 1.82) is 0 Å². The lowest BCUT2D eigenvalue weighted by Gasteiger charge is -2.32. The molecule has 1 saturated heterocycles. The molecule has 2 aromatic carbocycles. The first-order chi connectivity index (χ1) is 16.2. The summed E-state index contributed by atoms with van der Waals surface area (Å²) < 4.78 is 24.4. The van der Waals surface area contributed by atoms with Gasteiger partial charge < -0.3 is 23.7 Å². The van der Waals surface area contributed by atoms with Crippen LogP contribution in [0.4, 0.5) is 4.79 Å². The van der Waals surface area contributed by atoms with Crippen molar-refractivity contribution < 1.29 is 23.6 Å². The lowest BCUT2D eigenvalue weighted by molar-refractivity contribution is 0.00578. The molecule has 0 spiro atoms. The van der Waals surface area contributed by atoms with Crippen molar-refractivity contribution in [1.82, 2.24) is 4.90 Å². The monoisotopic (exact) mass is 481 g/mol. The average molecular weight is 481 g/mol. The van der Waals surface area contributed by atoms with E-state index in [2.05, 4.69) is 0 Å². The second-order valence-corrected chi connectivity index (χ2v) is 11.5. The molecule has 3 rings (SSSR count). The van der Waals surface area contributed by atoms with Crippen LogP contribution in [0.5, 0.6) is 5.75 Å². The molecule has 2 aromatic rings. The molecule has 0 saturated carbocycles. The third kappa shape index (κ3) is 7.02. The first-order valence-corrected chi connectivity index (χ1v) is 12.3. The third-order valence-corrected chi connectivity index (χ3v) is 6.37. The quantitative estimate of drug-likeness (QED) is 0.474. The van der Waals surface area contributed by atoms with Gasteiger partial charge in [0.25, 0.3) is 0 Å². The minimum absolute atomic E-state index is 0.0426. The first kappa shape index (κ1) is 27.1. The number of rotatable bonds is 7. The Bertz CT molecular complexity index is 998. The molecule has 1 aliphatic rings. The topological polar surface area (TPSA) is 57.2 Å². The van der Waals surface area contributed by atoms with Gasteiger partial charge in [-0.3, -0.25) is 0 Å². The summed E-state index contributed by atoms with van der Waals surface area (Å²) >= 11 is 0. The van der Waals surface area contributed by atoms with Gasteiger partial charge in [-0.2, -0.15) is 0 Å². The van der Waals surface area contributed by atoms with Gasteiger partial charge in [0, 0.05) is 12.6 Å². The van der Waals surface area contributed by atoms with Crippen LogP contribution in [0.3, 0.4) is 0 Å². The molecular formula is C28H40BNO5. The Hall–Kier alpha value is -2.51. The normalized spacial score (nSPS) is 16.9. The van der Waals surface area contributed by atoms with E-state index in [0.717, 1.165) is 16.6 Å². The Balaban J connectivity index is 1.91. The summed E-state index contributed by atoms with van der Waals surface area (Å²) in [5.74, 6) is 0.698. The summed E-state index contributed by atoms with van der Waals surface area (Å²) in [6.45, 7) is 18.5. The maximum absolute atomic E-state index is 12.9. The summed E-state index contributed by atoms with van der Waals surface area (Å²) in [7, 11) is -0.534. The minimum atomic E-state index is -0.571. The molecule has 6 nitrogen and oxygen atoms in total. The molecule has 1 amide bonds. The van der Waals surface area contributed by atoms with Crippen LogP contribution in [-0.4, -0.2) is 41.0 Å². The maximum atomic E-state index is 12.9. The Morgan fingerprint density at radius 1 is 0.971 bits per heavy atom. The van der Waals surface area contributed by atoms with Crippen LogP contribution in [0.25, 0.3) is 0 Å². The van der Waals surface area contributed by atoms with Gasteiger partial charge in [-0.05, 0) is 91.0 Å². The molecule has 0 radical (unpaired) electrons. The van der Waals surface area contributed by atoms with Gasteiger partial charge in [-0.1, -0.05) is 36.4 Å². The molecular weight excluding hydrogens is 441 g/mol. The van der Waals surface area contributed by atoms with E-state index in [9.17, 15) is 4.79 Å². The number of amides is 1. The maximum Gasteiger partial charge on any atom is 0.494 e. The van der Waals surface area contributed by atoms with Crippen molar-refractivity contribution in [3.05, 3.63) is 59.7 Å². The summed E-state index contributed by atoms with van der Waals surface area (Å²) in [5, 5.41) is 0. The lowest BCUT2D eigenvalue weighted by Crippen LogP contribution is -2.41. The molecule has 1 fully saturated rings. The highest BCUT2D eigenvalue weighted by Gasteiger charge is 2.51. The van der Waals surface area contributed by atoms with Gasteiger partial charge in [0.1, 0.15) is 18.0 Å². The highest BCUT2D eigenvalue weighted by molar-refractivity contribution is 6.62. The number of hydrogen-bond acceptors (Lipinski definition) is 5. The van der Waals surface area contributed by atoms with Crippen molar-refractivity contribution in [3.8, 4) is 5.75 Å². The molecule has 7 heteroatoms. The summed E-state index contributed by atoms with van der Waals surface area (Å²) in [4.78, 5) is 14.7. The van der Waals surface area contributed by atoms with E-state index in [0.29, 0.717) is 18.9 Å². The first-order valence-electron chi connectivity index (χ1n) is 12.3. The average Bonchev–Trinajstić information content (AvgIpc) is 2.96. The van der Waals surface area contributed by atoms with Crippen LogP contribution in [0.2, 0.25) is 0 Å². The molecule has 0 unspecified atom stereocenters. The Morgan fingerprint density at radius 3 is 2.11 bits per heavy atom. The predicted octanol–water partition coefficient (Wildman–Crippen LogP) is 5.71. The van der Waals surface area contributed by atoms with Crippen molar-refractivity contribution in [3.63, 3.8) is 0 Å². The molecule has 0 N–H and O–H groups in total. The van der Waals surface area contributed by atoms with Crippen LogP contribution >= 0.6 is 0 Å². The minimum Gasteiger partial charge on any atom is -0.489 e. The largest absolute Gasteiger partial charge is 0.494 e. The highest BCUT2D eigenvalue weighted by atomic mass is 16.7. The van der Waals surface area contributed by atoms with Gasteiger partial charge in [0.2, 0.25) is 0 Å². The number of hydrogen-bond donors (Lipinski definition) is 0. The molecule has 1 heterocycles. The second kappa shape index (κ2) is 10.2. The van der Waals surface area contributed by atoms with E-state index < -0.39 is 23.9 Å². The number of benzene rings is 2. The van der Waals surface area contributed by atoms with E-state index in [1.54, 1.807) is 4.90 Å². The fourth-order valence-corrected chi connectivity index (χ4v) is 3.69. The van der Waals surface area contributed by atoms with E-state index in [1.807, 2.05) is 111 Å². The molecule has 1 aliphatic heterocycles. The predicted molar refractivity (Wildman–Crippen MR) is 140 cm³/mol. The van der Waals surface area contributed by atoms with Gasteiger partial charge in [0.05, 0.1) is 11.2 Å². The molecule has 0 aliphatic carbocycles. The van der Waals surface area contributed by atoms with Crippen LogP contribution in [0.1, 0.15) is 73.4 Å². The summed E-state index contributed by atoms with van der Waals surface area (Å²) in [5.41, 5.74) is 1.36. The fraction of sp³-hybridized carbons (Fsp3) is 0.536. The van der Waals surface area contributed by atoms with Crippen LogP contribution < -0.4 is 10.2 Å². The summed E-state index contributed by atoms with van der Waals surface area (Å²) in [6.07, 6.45) is -0.347. The molecule has 0 atom stereocenters. The van der Waals surface area contributed by atoms with E-state index in [1.165, 1.54) is 0 Å². The van der Waals surface area contributed by atoms with Gasteiger partial charge in [0.15, 0.2) is 0 Å². The van der Waals surface area contributed by atoms with Crippen molar-refractivity contribution in [2.45, 2.75) is 98.3 Å². The zero-order valence-electron chi connectivity index (χ0n) is 22.7. The van der Waals surface area contributed by atoms with Crippen LogP contribution in [0.15, 0.2) is 48.5 Å². The van der Waals surface area contributed by atoms with Crippen molar-refractivity contribution >= 4 is 18.7 Å². The number of ether oxygens (including phenoxy) is 2. The second-order valence-electron chi connectivity index (χ2n) is 11.5. The van der Waals surface area contributed by atoms with Crippen LogP contribution in [-0.2, 0) is 27.2 Å². The van der Waals surface area contributed by atoms with Crippen LogP contribution in [0, 0.1) is 0 Å². The third-order valence-electron chi connectivity index (χ3n) is 6.37. The summed E-state index contributed by atoms with van der Waals surface area (Å²) in [6, 6.07) is 15.9. The molecule has 0 aromatic heterocycles. The smallest absolute Gasteiger partial charge is 0.489 e. The molecule has 0 bridgehead atoms. The molecule has 35 heavy (non-hydrogen) atoms. The number of carbonyl (C=O) groups is 1. The zero-order valence-corrected chi connectivity index (χ0v) is 22.7. The van der Waals surface area contributed by atoms with E-state index >= 15 is 0 Å². The number of nitrogens with zero attached hydrogens (tertiary/aromatic N) is 1. The molecule has 190 valence electrons. The van der Waals surface area contributed by atoms with Crippen molar-refractivity contribution in [2.24, 2.45) is 0 Å².